The molecule has 0 bridgehead atoms. The summed E-state index contributed by atoms with van der Waals surface area (Å²) in [5, 5.41) is 8.05. The molecule has 37 heavy (non-hydrogen) atoms. The van der Waals surface area contributed by atoms with Crippen molar-refractivity contribution in [2.24, 2.45) is 0 Å². The van der Waals surface area contributed by atoms with Gasteiger partial charge in [-0.25, -0.2) is 4.98 Å². The molecule has 188 valence electrons. The van der Waals surface area contributed by atoms with Crippen LogP contribution in [0.15, 0.2) is 61.1 Å². The Hall–Kier alpha value is -3.81. The van der Waals surface area contributed by atoms with E-state index in [4.69, 9.17) is 4.98 Å². The topological polar surface area (TPSA) is 89.2 Å². The van der Waals surface area contributed by atoms with Gasteiger partial charge in [-0.2, -0.15) is 9.61 Å². The summed E-state index contributed by atoms with van der Waals surface area (Å²) in [6, 6.07) is 13.6. The van der Waals surface area contributed by atoms with E-state index < -0.39 is 0 Å². The van der Waals surface area contributed by atoms with Gasteiger partial charge in [0.15, 0.2) is 11.4 Å². The summed E-state index contributed by atoms with van der Waals surface area (Å²) in [6.07, 6.45) is 9.94. The summed E-state index contributed by atoms with van der Waals surface area (Å²) < 4.78 is 1.86. The Balaban J connectivity index is 1.31. The fourth-order valence-electron chi connectivity index (χ4n) is 5.35. The van der Waals surface area contributed by atoms with E-state index in [0.717, 1.165) is 59.4 Å². The Bertz CT molecular complexity index is 1420. The highest BCUT2D eigenvalue weighted by Gasteiger charge is 2.33. The number of rotatable bonds is 11. The molecule has 3 heterocycles. The van der Waals surface area contributed by atoms with Gasteiger partial charge in [0.25, 0.3) is 0 Å². The lowest BCUT2D eigenvalue weighted by atomic mass is 9.89. The fraction of sp³-hybridized carbons (Fsp3) is 0.345. The molecule has 1 aromatic carbocycles. The number of hydrogen-bond donors (Lipinski definition) is 1. The van der Waals surface area contributed by atoms with Crippen molar-refractivity contribution < 1.29 is 9.59 Å². The molecule has 0 amide bonds. The van der Waals surface area contributed by atoms with Crippen LogP contribution >= 0.6 is 0 Å². The van der Waals surface area contributed by atoms with Crippen molar-refractivity contribution in [2.45, 2.75) is 63.8 Å². The number of benzene rings is 1. The van der Waals surface area contributed by atoms with Gasteiger partial charge in [0.2, 0.25) is 0 Å². The van der Waals surface area contributed by atoms with Crippen LogP contribution in [-0.2, 0) is 11.3 Å². The van der Waals surface area contributed by atoms with E-state index in [1.54, 1.807) is 6.20 Å². The molecule has 1 aliphatic carbocycles. The van der Waals surface area contributed by atoms with Crippen LogP contribution in [0.4, 0.5) is 5.82 Å². The van der Waals surface area contributed by atoms with E-state index >= 15 is 0 Å². The molecule has 8 heteroatoms. The number of carbonyl (C=O) groups excluding carboxylic acids is 2. The molecule has 2 atom stereocenters. The summed E-state index contributed by atoms with van der Waals surface area (Å²) in [4.78, 5) is 34.6. The first-order valence-electron chi connectivity index (χ1n) is 13.2. The predicted molar refractivity (Wildman–Crippen MR) is 147 cm³/mol. The third-order valence-electron chi connectivity index (χ3n) is 7.31. The molecule has 0 radical (unpaired) electrons. The Morgan fingerprint density at radius 3 is 2.86 bits per heavy atom. The van der Waals surface area contributed by atoms with Crippen LogP contribution < -0.4 is 10.8 Å². The average molecular weight is 493 g/mol. The Morgan fingerprint density at radius 1 is 1.19 bits per heavy atom. The van der Waals surface area contributed by atoms with Crippen LogP contribution in [0.2, 0.25) is 0 Å². The minimum absolute atomic E-state index is 0.0813. The van der Waals surface area contributed by atoms with Gasteiger partial charge in [-0.15, -0.1) is 0 Å². The normalized spacial score (nSPS) is 15.6. The number of anilines is 1. The molecule has 4 aromatic rings. The van der Waals surface area contributed by atoms with Crippen LogP contribution in [0.25, 0.3) is 5.65 Å². The molecule has 0 saturated heterocycles. The monoisotopic (exact) mass is 493 g/mol. The molecule has 1 aliphatic rings. The largest absolute Gasteiger partial charge is 0.366 e. The highest BCUT2D eigenvalue weighted by Crippen LogP contribution is 2.35. The van der Waals surface area contributed by atoms with Gasteiger partial charge in [0.05, 0.1) is 5.92 Å². The number of ketones is 2. The van der Waals surface area contributed by atoms with Crippen molar-refractivity contribution in [1.29, 1.82) is 0 Å². The number of carbonyl (C=O) groups is 2. The summed E-state index contributed by atoms with van der Waals surface area (Å²) in [5.41, 5.74) is 5.61. The van der Waals surface area contributed by atoms with Crippen molar-refractivity contribution in [3.63, 3.8) is 0 Å². The lowest BCUT2D eigenvalue weighted by molar-refractivity contribution is -0.120. The van der Waals surface area contributed by atoms with Gasteiger partial charge in [-0.3, -0.25) is 14.6 Å². The Morgan fingerprint density at radius 2 is 2.05 bits per heavy atom. The molecule has 0 saturated carbocycles. The molecule has 7 nitrogen and oxygen atoms in total. The number of hydrogen-bond acceptors (Lipinski definition) is 6. The zero-order chi connectivity index (χ0) is 25.8. The highest BCUT2D eigenvalue weighted by molar-refractivity contribution is 6.36. The molecule has 5 rings (SSSR count). The van der Waals surface area contributed by atoms with Crippen LogP contribution in [0.1, 0.15) is 84.5 Å². The molecule has 0 spiro atoms. The van der Waals surface area contributed by atoms with E-state index in [0.29, 0.717) is 24.9 Å². The van der Waals surface area contributed by atoms with Crippen molar-refractivity contribution >= 4 is 36.3 Å². The first-order valence-corrected chi connectivity index (χ1v) is 13.2. The first kappa shape index (κ1) is 24.9. The fourth-order valence-corrected chi connectivity index (χ4v) is 5.35. The van der Waals surface area contributed by atoms with E-state index in [1.807, 2.05) is 61.2 Å². The van der Waals surface area contributed by atoms with Crippen molar-refractivity contribution in [3.8, 4) is 0 Å². The van der Waals surface area contributed by atoms with Crippen LogP contribution in [0, 0.1) is 0 Å². The third kappa shape index (κ3) is 5.33. The van der Waals surface area contributed by atoms with Gasteiger partial charge in [0.1, 0.15) is 19.4 Å². The first-order chi connectivity index (χ1) is 18.0. The number of Topliss-reactive ketones (excluding diaryl/α,β-unsaturated/α-hetero) is 2. The molecular formula is C29H32BN5O2. The second-order valence-electron chi connectivity index (χ2n) is 9.96. The SMILES string of the molecule is Bc1cnn2c(NCc3cccnc3)cc(C(CCC)CCCC(=O)C3CC(=O)c4ccccc43)nc12. The van der Waals surface area contributed by atoms with Crippen molar-refractivity contribution in [1.82, 2.24) is 19.6 Å². The summed E-state index contributed by atoms with van der Waals surface area (Å²) in [6.45, 7) is 2.82. The number of aromatic nitrogens is 4. The molecule has 0 fully saturated rings. The molecule has 0 aliphatic heterocycles. The van der Waals surface area contributed by atoms with Gasteiger partial charge in [-0.1, -0.05) is 43.7 Å². The lowest BCUT2D eigenvalue weighted by Gasteiger charge is -2.18. The predicted octanol–water partition coefficient (Wildman–Crippen LogP) is 3.99. The highest BCUT2D eigenvalue weighted by atomic mass is 16.1. The molecule has 1 N–H and O–H groups in total. The number of nitrogens with zero attached hydrogens (tertiary/aromatic N) is 4. The Labute approximate surface area is 218 Å². The number of fused-ring (bicyclic) bond motifs is 2. The summed E-state index contributed by atoms with van der Waals surface area (Å²) >= 11 is 0. The Kier molecular flexibility index (Phi) is 7.44. The summed E-state index contributed by atoms with van der Waals surface area (Å²) in [7, 11) is 2.03. The average Bonchev–Trinajstić information content (AvgIpc) is 3.47. The summed E-state index contributed by atoms with van der Waals surface area (Å²) in [5.74, 6) is 1.10. The van der Waals surface area contributed by atoms with E-state index in [9.17, 15) is 9.59 Å². The maximum Gasteiger partial charge on any atom is 0.164 e. The molecular weight excluding hydrogens is 461 g/mol. The van der Waals surface area contributed by atoms with Crippen molar-refractivity contribution in [2.75, 3.05) is 5.32 Å². The van der Waals surface area contributed by atoms with E-state index in [2.05, 4.69) is 28.4 Å². The molecule has 2 unspecified atom stereocenters. The van der Waals surface area contributed by atoms with E-state index in [-0.39, 0.29) is 23.4 Å². The van der Waals surface area contributed by atoms with E-state index in [1.165, 1.54) is 0 Å². The quantitative estimate of drug-likeness (QED) is 0.318. The zero-order valence-corrected chi connectivity index (χ0v) is 21.5. The lowest BCUT2D eigenvalue weighted by Crippen LogP contribution is -2.13. The second-order valence-corrected chi connectivity index (χ2v) is 9.96. The number of pyridine rings is 1. The van der Waals surface area contributed by atoms with Gasteiger partial charge in [-0.05, 0) is 41.9 Å². The van der Waals surface area contributed by atoms with Crippen molar-refractivity contribution in [3.05, 3.63) is 83.4 Å². The molecule has 3 aromatic heterocycles. The maximum atomic E-state index is 13.1. The van der Waals surface area contributed by atoms with Crippen LogP contribution in [-0.4, -0.2) is 39.0 Å². The van der Waals surface area contributed by atoms with Gasteiger partial charge < -0.3 is 5.32 Å². The third-order valence-corrected chi connectivity index (χ3v) is 7.31. The zero-order valence-electron chi connectivity index (χ0n) is 21.5. The minimum atomic E-state index is -0.291. The van der Waals surface area contributed by atoms with Crippen LogP contribution in [0.5, 0.6) is 0 Å². The smallest absolute Gasteiger partial charge is 0.164 e. The van der Waals surface area contributed by atoms with Gasteiger partial charge >= 0.3 is 0 Å². The maximum absolute atomic E-state index is 13.1. The van der Waals surface area contributed by atoms with Gasteiger partial charge in [0, 0.05) is 61.2 Å². The number of nitrogens with one attached hydrogen (secondary N) is 1. The minimum Gasteiger partial charge on any atom is -0.366 e. The second kappa shape index (κ2) is 11.1. The van der Waals surface area contributed by atoms with Crippen LogP contribution in [0.3, 0.4) is 0 Å². The standard InChI is InChI=1S/C29H32BN5O2/c1-2-7-20(9-5-12-26(36)23-14-27(37)22-11-4-3-10-21(22)23)25-15-28(32-17-19-8-6-13-31-16-19)35-29(34-25)24(30)18-33-35/h3-4,6,8,10-11,13,15-16,18,20,23,32H,2,5,7,9,12,14,17,30H2,1H3.